The van der Waals surface area contributed by atoms with Gasteiger partial charge in [0, 0.05) is 12.2 Å². The van der Waals surface area contributed by atoms with E-state index in [9.17, 15) is 13.2 Å². The first-order chi connectivity index (χ1) is 10.9. The van der Waals surface area contributed by atoms with E-state index >= 15 is 0 Å². The van der Waals surface area contributed by atoms with Crippen molar-refractivity contribution in [3.8, 4) is 0 Å². The Labute approximate surface area is 137 Å². The zero-order valence-electron chi connectivity index (χ0n) is 13.5. The maximum atomic E-state index is 12.4. The summed E-state index contributed by atoms with van der Waals surface area (Å²) in [7, 11) is -3.34. The summed E-state index contributed by atoms with van der Waals surface area (Å²) < 4.78 is 24.9. The molecule has 1 aromatic rings. The molecule has 126 valence electrons. The first-order valence-electron chi connectivity index (χ1n) is 7.71. The first-order valence-corrected chi connectivity index (χ1v) is 9.60. The Morgan fingerprint density at radius 3 is 2.78 bits per heavy atom. The molecule has 2 N–H and O–H groups in total. The number of unbranched alkanes of at least 4 members (excludes halogenated alkanes) is 1. The molecule has 23 heavy (non-hydrogen) atoms. The van der Waals surface area contributed by atoms with Crippen LogP contribution in [0.3, 0.4) is 0 Å². The molecule has 0 spiro atoms. The number of amides is 2. The number of nitrogens with zero attached hydrogens (tertiary/aromatic N) is 1. The van der Waals surface area contributed by atoms with Crippen molar-refractivity contribution < 1.29 is 13.2 Å². The van der Waals surface area contributed by atoms with Crippen molar-refractivity contribution in [1.82, 2.24) is 4.90 Å². The lowest BCUT2D eigenvalue weighted by molar-refractivity contribution is 0.208. The van der Waals surface area contributed by atoms with Gasteiger partial charge in [-0.3, -0.25) is 4.72 Å². The highest BCUT2D eigenvalue weighted by atomic mass is 32.2. The van der Waals surface area contributed by atoms with Gasteiger partial charge in [-0.15, -0.1) is 0 Å². The Hall–Kier alpha value is -2.02. The number of hydrogen-bond acceptors (Lipinski definition) is 3. The molecule has 0 radical (unpaired) electrons. The van der Waals surface area contributed by atoms with Gasteiger partial charge in [-0.25, -0.2) is 13.2 Å². The van der Waals surface area contributed by atoms with Gasteiger partial charge in [-0.05, 0) is 24.6 Å². The number of carbonyl (C=O) groups is 1. The number of urea groups is 1. The van der Waals surface area contributed by atoms with E-state index in [-0.39, 0.29) is 12.1 Å². The van der Waals surface area contributed by atoms with Crippen LogP contribution in [0.25, 0.3) is 0 Å². The predicted molar refractivity (Wildman–Crippen MR) is 93.1 cm³/mol. The third kappa shape index (κ3) is 5.28. The molecule has 0 bridgehead atoms. The first kappa shape index (κ1) is 17.3. The van der Waals surface area contributed by atoms with E-state index in [4.69, 9.17) is 0 Å². The van der Waals surface area contributed by atoms with Crippen LogP contribution in [0.15, 0.2) is 36.4 Å². The second-order valence-electron chi connectivity index (χ2n) is 5.68. The van der Waals surface area contributed by atoms with Gasteiger partial charge in [0.2, 0.25) is 10.0 Å². The average Bonchev–Trinajstić information content (AvgIpc) is 2.92. The number of nitrogens with one attached hydrogen (secondary N) is 2. The van der Waals surface area contributed by atoms with Crippen molar-refractivity contribution in [2.75, 3.05) is 22.8 Å². The quantitative estimate of drug-likeness (QED) is 0.783. The molecule has 6 nitrogen and oxygen atoms in total. The standard InChI is InChI=1S/C16H23N3O3S/c1-3-4-9-15-10-6-11-19(15)16(20)17-13-7-5-8-14(12-13)18-23(2,21)22/h5-8,10,12,15,18H,3-4,9,11H2,1-2H3,(H,17,20)/t15-/m1/s1. The highest BCUT2D eigenvalue weighted by Gasteiger charge is 2.24. The maximum Gasteiger partial charge on any atom is 0.322 e. The van der Waals surface area contributed by atoms with E-state index in [1.807, 2.05) is 6.08 Å². The third-order valence-corrected chi connectivity index (χ3v) is 4.20. The number of carbonyl (C=O) groups excluding carboxylic acids is 1. The number of anilines is 2. The number of hydrogen-bond donors (Lipinski definition) is 2. The van der Waals surface area contributed by atoms with Crippen LogP contribution in [0.2, 0.25) is 0 Å². The molecule has 2 rings (SSSR count). The van der Waals surface area contributed by atoms with Gasteiger partial charge in [0.25, 0.3) is 0 Å². The minimum Gasteiger partial charge on any atom is -0.314 e. The van der Waals surface area contributed by atoms with E-state index < -0.39 is 10.0 Å². The topological polar surface area (TPSA) is 78.5 Å². The van der Waals surface area contributed by atoms with Crippen LogP contribution in [0.1, 0.15) is 26.2 Å². The molecule has 0 unspecified atom stereocenters. The van der Waals surface area contributed by atoms with Crippen molar-refractivity contribution >= 4 is 27.4 Å². The van der Waals surface area contributed by atoms with E-state index in [2.05, 4.69) is 23.0 Å². The Balaban J connectivity index is 2.01. The second kappa shape index (κ2) is 7.50. The number of rotatable bonds is 6. The van der Waals surface area contributed by atoms with Crippen molar-refractivity contribution in [1.29, 1.82) is 0 Å². The van der Waals surface area contributed by atoms with Crippen LogP contribution in [0.5, 0.6) is 0 Å². The lowest BCUT2D eigenvalue weighted by Crippen LogP contribution is -2.39. The number of sulfonamides is 1. The van der Waals surface area contributed by atoms with E-state index in [0.717, 1.165) is 25.5 Å². The van der Waals surface area contributed by atoms with Crippen molar-refractivity contribution in [3.05, 3.63) is 36.4 Å². The summed E-state index contributed by atoms with van der Waals surface area (Å²) in [5.74, 6) is 0. The van der Waals surface area contributed by atoms with Gasteiger partial charge in [-0.2, -0.15) is 0 Å². The van der Waals surface area contributed by atoms with Gasteiger partial charge < -0.3 is 10.2 Å². The van der Waals surface area contributed by atoms with Crippen molar-refractivity contribution in [2.24, 2.45) is 0 Å². The van der Waals surface area contributed by atoms with Crippen molar-refractivity contribution in [3.63, 3.8) is 0 Å². The fraction of sp³-hybridized carbons (Fsp3) is 0.438. The molecule has 1 aliphatic rings. The lowest BCUT2D eigenvalue weighted by atomic mass is 10.1. The monoisotopic (exact) mass is 337 g/mol. The maximum absolute atomic E-state index is 12.4. The van der Waals surface area contributed by atoms with Crippen molar-refractivity contribution in [2.45, 2.75) is 32.2 Å². The molecule has 0 saturated carbocycles. The smallest absolute Gasteiger partial charge is 0.314 e. The van der Waals surface area contributed by atoms with Gasteiger partial charge in [-0.1, -0.05) is 38.0 Å². The summed E-state index contributed by atoms with van der Waals surface area (Å²) in [5.41, 5.74) is 0.983. The van der Waals surface area contributed by atoms with Gasteiger partial charge in [0.15, 0.2) is 0 Å². The lowest BCUT2D eigenvalue weighted by Gasteiger charge is -2.25. The van der Waals surface area contributed by atoms with Gasteiger partial charge in [0.05, 0.1) is 18.0 Å². The van der Waals surface area contributed by atoms with E-state index in [1.54, 1.807) is 29.2 Å². The molecule has 1 atom stereocenters. The molecule has 1 heterocycles. The van der Waals surface area contributed by atoms with Crippen LogP contribution < -0.4 is 10.0 Å². The molecule has 0 fully saturated rings. The molecular weight excluding hydrogens is 314 g/mol. The normalized spacial score (nSPS) is 17.3. The molecule has 0 saturated heterocycles. The minimum atomic E-state index is -3.34. The Bertz CT molecular complexity index is 686. The fourth-order valence-electron chi connectivity index (χ4n) is 2.54. The zero-order valence-corrected chi connectivity index (χ0v) is 14.3. The molecule has 2 amide bonds. The molecule has 0 aromatic heterocycles. The Morgan fingerprint density at radius 1 is 1.35 bits per heavy atom. The third-order valence-electron chi connectivity index (χ3n) is 3.59. The fourth-order valence-corrected chi connectivity index (χ4v) is 3.09. The highest BCUT2D eigenvalue weighted by Crippen LogP contribution is 2.20. The molecule has 0 aliphatic carbocycles. The number of benzene rings is 1. The highest BCUT2D eigenvalue weighted by molar-refractivity contribution is 7.92. The van der Waals surface area contributed by atoms with Crippen LogP contribution >= 0.6 is 0 Å². The summed E-state index contributed by atoms with van der Waals surface area (Å²) in [4.78, 5) is 14.2. The average molecular weight is 337 g/mol. The second-order valence-corrected chi connectivity index (χ2v) is 7.42. The minimum absolute atomic E-state index is 0.132. The van der Waals surface area contributed by atoms with E-state index in [1.165, 1.54) is 0 Å². The molecule has 1 aromatic carbocycles. The summed E-state index contributed by atoms with van der Waals surface area (Å²) in [5, 5.41) is 2.83. The predicted octanol–water partition coefficient (Wildman–Crippen LogP) is 3.02. The van der Waals surface area contributed by atoms with Crippen LogP contribution in [0.4, 0.5) is 16.2 Å². The van der Waals surface area contributed by atoms with Gasteiger partial charge >= 0.3 is 6.03 Å². The van der Waals surface area contributed by atoms with Crippen LogP contribution in [-0.4, -0.2) is 38.2 Å². The summed E-state index contributed by atoms with van der Waals surface area (Å²) >= 11 is 0. The summed E-state index contributed by atoms with van der Waals surface area (Å²) in [6, 6.07) is 6.62. The Kier molecular flexibility index (Phi) is 5.65. The SMILES string of the molecule is CCCC[C@@H]1C=CCN1C(=O)Nc1cccc(NS(C)(=O)=O)c1. The molecular formula is C16H23N3O3S. The van der Waals surface area contributed by atoms with Gasteiger partial charge in [0.1, 0.15) is 0 Å². The van der Waals surface area contributed by atoms with Crippen LogP contribution in [0, 0.1) is 0 Å². The summed E-state index contributed by atoms with van der Waals surface area (Å²) in [6.07, 6.45) is 8.28. The van der Waals surface area contributed by atoms with Crippen LogP contribution in [-0.2, 0) is 10.0 Å². The Morgan fingerprint density at radius 2 is 2.09 bits per heavy atom. The zero-order chi connectivity index (χ0) is 16.9. The largest absolute Gasteiger partial charge is 0.322 e. The summed E-state index contributed by atoms with van der Waals surface area (Å²) in [6.45, 7) is 2.73. The van der Waals surface area contributed by atoms with E-state index in [0.29, 0.717) is 17.9 Å². The molecule has 1 aliphatic heterocycles. The molecule has 7 heteroatoms.